The van der Waals surface area contributed by atoms with E-state index in [0.717, 1.165) is 0 Å². The summed E-state index contributed by atoms with van der Waals surface area (Å²) in [4.78, 5) is 14.4. The molecule has 0 saturated carbocycles. The van der Waals surface area contributed by atoms with Gasteiger partial charge in [-0.05, 0) is 13.8 Å². The number of rotatable bonds is 2. The lowest BCUT2D eigenvalue weighted by atomic mass is 10.1. The molecule has 0 aliphatic heterocycles. The van der Waals surface area contributed by atoms with E-state index in [-0.39, 0.29) is 5.71 Å². The molecule has 3 nitrogen and oxygen atoms in total. The Labute approximate surface area is 99.9 Å². The van der Waals surface area contributed by atoms with Crippen LogP contribution in [0.25, 0.3) is 0 Å². The normalized spacial score (nSPS) is 13.2. The molecule has 0 N–H and O–H groups in total. The van der Waals surface area contributed by atoms with E-state index in [0.29, 0.717) is 0 Å². The quantitative estimate of drug-likeness (QED) is 0.256. The predicted molar refractivity (Wildman–Crippen MR) is 48.6 cm³/mol. The molecule has 0 aliphatic carbocycles. The van der Waals surface area contributed by atoms with Gasteiger partial charge in [0.1, 0.15) is 0 Å². The summed E-state index contributed by atoms with van der Waals surface area (Å²) in [7, 11) is 0. The van der Waals surface area contributed by atoms with Crippen molar-refractivity contribution >= 4 is 27.6 Å². The molecule has 0 atom stereocenters. The molecule has 100 valence electrons. The van der Waals surface area contributed by atoms with E-state index in [4.69, 9.17) is 0 Å². The number of hydrogen-bond acceptors (Lipinski definition) is 3. The summed E-state index contributed by atoms with van der Waals surface area (Å²) in [5.41, 5.74) is -0.0162. The van der Waals surface area contributed by atoms with E-state index in [1.807, 2.05) is 0 Å². The average Bonchev–Trinajstić information content (AvgIpc) is 2.08. The molecule has 0 spiro atoms. The number of carbonyl (C=O) groups excluding carboxylic acids is 1. The zero-order valence-corrected chi connectivity index (χ0v) is 10.00. The maximum Gasteiger partial charge on any atom is 0.423 e. The molecule has 17 heavy (non-hydrogen) atoms. The van der Waals surface area contributed by atoms with Crippen molar-refractivity contribution in [3.63, 3.8) is 0 Å². The van der Waals surface area contributed by atoms with E-state index >= 15 is 0 Å². The first kappa shape index (κ1) is 16.2. The topological polar surface area (TPSA) is 38.7 Å². The van der Waals surface area contributed by atoms with Gasteiger partial charge in [0.15, 0.2) is 0 Å². The predicted octanol–water partition coefficient (Wildman–Crippen LogP) is 3.18. The first-order chi connectivity index (χ1) is 7.34. The molecular formula is C7H6BrF6NO2. The Bertz CT molecular complexity index is 316. The van der Waals surface area contributed by atoms with Crippen molar-refractivity contribution in [2.24, 2.45) is 5.16 Å². The Morgan fingerprint density at radius 2 is 1.41 bits per heavy atom. The van der Waals surface area contributed by atoms with Crippen molar-refractivity contribution in [2.75, 3.05) is 0 Å². The maximum atomic E-state index is 12.3. The second-order valence-electron chi connectivity index (χ2n) is 3.07. The highest BCUT2D eigenvalue weighted by Gasteiger charge is 2.76. The SMILES string of the molecule is CC(C)=NOC(=O)C(Br)(C(F)(F)F)C(F)(F)F. The minimum atomic E-state index is -5.90. The molecule has 0 radical (unpaired) electrons. The van der Waals surface area contributed by atoms with E-state index in [1.54, 1.807) is 0 Å². The van der Waals surface area contributed by atoms with Crippen LogP contribution in [0.5, 0.6) is 0 Å². The van der Waals surface area contributed by atoms with Crippen molar-refractivity contribution in [1.29, 1.82) is 0 Å². The summed E-state index contributed by atoms with van der Waals surface area (Å²) in [6.07, 6.45) is -11.8. The van der Waals surface area contributed by atoms with Gasteiger partial charge in [0, 0.05) is 0 Å². The lowest BCUT2D eigenvalue weighted by Gasteiger charge is -2.28. The zero-order valence-electron chi connectivity index (χ0n) is 8.41. The van der Waals surface area contributed by atoms with Crippen LogP contribution in [0.3, 0.4) is 0 Å². The number of hydrogen-bond donors (Lipinski definition) is 0. The molecule has 0 aromatic carbocycles. The van der Waals surface area contributed by atoms with Gasteiger partial charge in [0.2, 0.25) is 0 Å². The minimum absolute atomic E-state index is 0.0162. The van der Waals surface area contributed by atoms with Gasteiger partial charge in [-0.1, -0.05) is 21.1 Å². The van der Waals surface area contributed by atoms with Crippen LogP contribution >= 0.6 is 15.9 Å². The second-order valence-corrected chi connectivity index (χ2v) is 4.26. The monoisotopic (exact) mass is 329 g/mol. The number of nitrogens with zero attached hydrogens (tertiary/aromatic N) is 1. The Hall–Kier alpha value is -0.800. The van der Waals surface area contributed by atoms with Crippen LogP contribution in [0, 0.1) is 0 Å². The zero-order chi connectivity index (χ0) is 14.1. The molecule has 10 heteroatoms. The van der Waals surface area contributed by atoms with Crippen molar-refractivity contribution in [3.8, 4) is 0 Å². The first-order valence-electron chi connectivity index (χ1n) is 3.89. The average molecular weight is 330 g/mol. The molecule has 0 fully saturated rings. The van der Waals surface area contributed by atoms with E-state index in [9.17, 15) is 31.1 Å². The number of oxime groups is 1. The lowest BCUT2D eigenvalue weighted by Crippen LogP contribution is -2.57. The molecule has 0 heterocycles. The van der Waals surface area contributed by atoms with Crippen LogP contribution in [-0.4, -0.2) is 28.4 Å². The molecule has 0 rings (SSSR count). The van der Waals surface area contributed by atoms with Gasteiger partial charge in [-0.25, -0.2) is 4.79 Å². The van der Waals surface area contributed by atoms with E-state index in [2.05, 4.69) is 9.99 Å². The second kappa shape index (κ2) is 4.83. The van der Waals surface area contributed by atoms with Gasteiger partial charge >= 0.3 is 22.6 Å². The van der Waals surface area contributed by atoms with Gasteiger partial charge in [-0.15, -0.1) is 0 Å². The molecule has 0 bridgehead atoms. The third kappa shape index (κ3) is 3.33. The molecule has 0 aromatic rings. The lowest BCUT2D eigenvalue weighted by molar-refractivity contribution is -0.262. The number of alkyl halides is 7. The number of carbonyl (C=O) groups is 1. The van der Waals surface area contributed by atoms with Gasteiger partial charge in [-0.3, -0.25) is 0 Å². The molecular weight excluding hydrogens is 324 g/mol. The van der Waals surface area contributed by atoms with Crippen LogP contribution < -0.4 is 0 Å². The third-order valence-electron chi connectivity index (χ3n) is 1.37. The summed E-state index contributed by atoms with van der Waals surface area (Å²) < 4.78 is 68.8. The fraction of sp³-hybridized carbons (Fsp3) is 0.714. The Morgan fingerprint density at radius 3 is 1.65 bits per heavy atom. The van der Waals surface area contributed by atoms with Crippen LogP contribution in [0.15, 0.2) is 5.16 Å². The highest BCUT2D eigenvalue weighted by atomic mass is 79.9. The fourth-order valence-electron chi connectivity index (χ4n) is 0.588. The maximum absolute atomic E-state index is 12.3. The van der Waals surface area contributed by atoms with Crippen LogP contribution in [-0.2, 0) is 9.63 Å². The highest BCUT2D eigenvalue weighted by Crippen LogP contribution is 2.50. The number of halogens is 7. The van der Waals surface area contributed by atoms with Crippen LogP contribution in [0.4, 0.5) is 26.3 Å². The fourth-order valence-corrected chi connectivity index (χ4v) is 0.660. The summed E-state index contributed by atoms with van der Waals surface area (Å²) in [6.45, 7) is 2.45. The van der Waals surface area contributed by atoms with Gasteiger partial charge < -0.3 is 4.84 Å². The minimum Gasteiger partial charge on any atom is -0.316 e. The van der Waals surface area contributed by atoms with Crippen molar-refractivity contribution < 1.29 is 36.0 Å². The van der Waals surface area contributed by atoms with Crippen LogP contribution in [0.1, 0.15) is 13.8 Å². The smallest absolute Gasteiger partial charge is 0.316 e. The Balaban J connectivity index is 5.38. The molecule has 0 aromatic heterocycles. The van der Waals surface area contributed by atoms with Gasteiger partial charge in [0.25, 0.3) is 0 Å². The Morgan fingerprint density at radius 1 is 1.06 bits per heavy atom. The van der Waals surface area contributed by atoms with Gasteiger partial charge in [-0.2, -0.15) is 26.3 Å². The summed E-state index contributed by atoms with van der Waals surface area (Å²) in [5, 5.41) is 2.75. The van der Waals surface area contributed by atoms with E-state index in [1.165, 1.54) is 29.8 Å². The van der Waals surface area contributed by atoms with Crippen molar-refractivity contribution in [1.82, 2.24) is 0 Å². The standard InChI is InChI=1S/C7H6BrF6NO2/c1-3(2)15-17-4(16)5(8,6(9,10)11)7(12,13)14/h1-2H3. The van der Waals surface area contributed by atoms with Gasteiger partial charge in [0.05, 0.1) is 5.71 Å². The highest BCUT2D eigenvalue weighted by molar-refractivity contribution is 9.10. The first-order valence-corrected chi connectivity index (χ1v) is 4.68. The molecule has 0 amide bonds. The Kier molecular flexibility index (Phi) is 4.60. The largest absolute Gasteiger partial charge is 0.423 e. The third-order valence-corrected chi connectivity index (χ3v) is 2.60. The summed E-state index contributed by atoms with van der Waals surface area (Å²) >= 11 is 1.35. The van der Waals surface area contributed by atoms with Crippen molar-refractivity contribution in [3.05, 3.63) is 0 Å². The van der Waals surface area contributed by atoms with Crippen LogP contribution in [0.2, 0.25) is 0 Å². The molecule has 0 aliphatic rings. The molecule has 0 unspecified atom stereocenters. The summed E-state index contributed by atoms with van der Waals surface area (Å²) in [6, 6.07) is 0. The van der Waals surface area contributed by atoms with E-state index < -0.39 is 22.6 Å². The summed E-state index contributed by atoms with van der Waals surface area (Å²) in [5.74, 6) is -2.60. The molecule has 0 saturated heterocycles. The van der Waals surface area contributed by atoms with Crippen molar-refractivity contribution in [2.45, 2.75) is 30.5 Å².